The number of fused-ring (bicyclic) bond motifs is 1. The van der Waals surface area contributed by atoms with Gasteiger partial charge in [-0.05, 0) is 68.4 Å². The van der Waals surface area contributed by atoms with Gasteiger partial charge in [0.05, 0.1) is 0 Å². The quantitative estimate of drug-likeness (QED) is 0.839. The van der Waals surface area contributed by atoms with Gasteiger partial charge in [0.1, 0.15) is 11.3 Å². The van der Waals surface area contributed by atoms with Gasteiger partial charge >= 0.3 is 0 Å². The normalized spacial score (nSPS) is 37.2. The van der Waals surface area contributed by atoms with E-state index >= 15 is 0 Å². The molecule has 1 heterocycles. The summed E-state index contributed by atoms with van der Waals surface area (Å²) in [4.78, 5) is 4.91. The van der Waals surface area contributed by atoms with Crippen molar-refractivity contribution in [1.29, 1.82) is 0 Å². The number of phenols is 1. The molecule has 4 aliphatic carbocycles. The van der Waals surface area contributed by atoms with Crippen molar-refractivity contribution in [3.05, 3.63) is 36.0 Å². The van der Waals surface area contributed by atoms with Gasteiger partial charge < -0.3 is 5.11 Å². The molecule has 1 aromatic carbocycles. The molecule has 1 N–H and O–H groups in total. The lowest BCUT2D eigenvalue weighted by molar-refractivity contribution is -0.00706. The Hall–Kier alpha value is -1.57. The predicted molar refractivity (Wildman–Crippen MR) is 83.3 cm³/mol. The van der Waals surface area contributed by atoms with Crippen molar-refractivity contribution in [3.63, 3.8) is 0 Å². The van der Waals surface area contributed by atoms with E-state index in [1.54, 1.807) is 6.07 Å². The number of para-hydroxylation sites is 1. The first-order chi connectivity index (χ1) is 10.2. The summed E-state index contributed by atoms with van der Waals surface area (Å²) in [5.41, 5.74) is 2.34. The van der Waals surface area contributed by atoms with E-state index in [1.165, 1.54) is 44.2 Å². The van der Waals surface area contributed by atoms with Gasteiger partial charge in [0.25, 0.3) is 0 Å². The fraction of sp³-hybridized carbons (Fsp3) is 0.526. The zero-order valence-corrected chi connectivity index (χ0v) is 12.3. The predicted octanol–water partition coefficient (Wildman–Crippen LogP) is 4.41. The lowest BCUT2D eigenvalue weighted by atomic mass is 9.49. The Morgan fingerprint density at radius 2 is 1.57 bits per heavy atom. The number of nitrogens with zero attached hydrogens (tertiary/aromatic N) is 1. The van der Waals surface area contributed by atoms with Crippen molar-refractivity contribution >= 4 is 10.9 Å². The average Bonchev–Trinajstić information content (AvgIpc) is 2.46. The van der Waals surface area contributed by atoms with Gasteiger partial charge in [-0.1, -0.05) is 18.2 Å². The Kier molecular flexibility index (Phi) is 2.29. The number of aromatic nitrogens is 1. The van der Waals surface area contributed by atoms with Crippen molar-refractivity contribution in [1.82, 2.24) is 4.98 Å². The summed E-state index contributed by atoms with van der Waals surface area (Å²) < 4.78 is 0. The number of rotatable bonds is 1. The number of aromatic hydroxyl groups is 1. The second-order valence-electron chi connectivity index (χ2n) is 7.74. The molecule has 0 atom stereocenters. The minimum atomic E-state index is 0.311. The number of hydrogen-bond donors (Lipinski definition) is 1. The van der Waals surface area contributed by atoms with Crippen LogP contribution in [0.4, 0.5) is 0 Å². The molecule has 21 heavy (non-hydrogen) atoms. The van der Waals surface area contributed by atoms with Crippen LogP contribution in [-0.2, 0) is 5.41 Å². The molecule has 4 bridgehead atoms. The van der Waals surface area contributed by atoms with Crippen LogP contribution in [0.1, 0.15) is 44.2 Å². The standard InChI is InChI=1S/C19H21NO/c21-16-3-1-2-15-4-5-17(20-18(15)16)19-9-12-6-13(10-19)8-14(7-12)11-19/h1-5,12-14,21H,6-11H2. The van der Waals surface area contributed by atoms with Gasteiger partial charge in [-0.2, -0.15) is 0 Å². The van der Waals surface area contributed by atoms with Crippen molar-refractivity contribution in [2.75, 3.05) is 0 Å². The number of pyridine rings is 1. The van der Waals surface area contributed by atoms with Gasteiger partial charge in [0, 0.05) is 16.5 Å². The van der Waals surface area contributed by atoms with Gasteiger partial charge in [-0.3, -0.25) is 0 Å². The third-order valence-electron chi connectivity index (χ3n) is 6.28. The highest BCUT2D eigenvalue weighted by atomic mass is 16.3. The lowest BCUT2D eigenvalue weighted by Gasteiger charge is -2.56. The van der Waals surface area contributed by atoms with Crippen LogP contribution >= 0.6 is 0 Å². The monoisotopic (exact) mass is 279 g/mol. The molecule has 108 valence electrons. The summed E-state index contributed by atoms with van der Waals surface area (Å²) in [7, 11) is 0. The molecule has 4 aliphatic rings. The summed E-state index contributed by atoms with van der Waals surface area (Å²) in [6, 6.07) is 10.1. The smallest absolute Gasteiger partial charge is 0.141 e. The minimum Gasteiger partial charge on any atom is -0.506 e. The SMILES string of the molecule is Oc1cccc2ccc(C34CC5CC(CC(C5)C3)C4)nc12. The molecular formula is C19H21NO. The molecule has 4 saturated carbocycles. The minimum absolute atomic E-state index is 0.311. The van der Waals surface area contributed by atoms with E-state index < -0.39 is 0 Å². The summed E-state index contributed by atoms with van der Waals surface area (Å²) in [5, 5.41) is 11.2. The fourth-order valence-electron chi connectivity index (χ4n) is 5.85. The van der Waals surface area contributed by atoms with Crippen molar-refractivity contribution in [2.24, 2.45) is 17.8 Å². The van der Waals surface area contributed by atoms with Crippen LogP contribution in [-0.4, -0.2) is 10.1 Å². The van der Waals surface area contributed by atoms with Crippen LogP contribution in [0.3, 0.4) is 0 Å². The summed E-state index contributed by atoms with van der Waals surface area (Å²) in [5.74, 6) is 3.11. The molecule has 0 radical (unpaired) electrons. The van der Waals surface area contributed by atoms with Gasteiger partial charge in [0.2, 0.25) is 0 Å². The average molecular weight is 279 g/mol. The molecular weight excluding hydrogens is 258 g/mol. The maximum absolute atomic E-state index is 10.1. The Bertz CT molecular complexity index is 685. The van der Waals surface area contributed by atoms with E-state index in [4.69, 9.17) is 4.98 Å². The van der Waals surface area contributed by atoms with Crippen LogP contribution < -0.4 is 0 Å². The Morgan fingerprint density at radius 3 is 2.24 bits per heavy atom. The van der Waals surface area contributed by atoms with Crippen molar-refractivity contribution in [3.8, 4) is 5.75 Å². The molecule has 2 nitrogen and oxygen atoms in total. The van der Waals surface area contributed by atoms with Crippen LogP contribution in [0.2, 0.25) is 0 Å². The molecule has 0 spiro atoms. The molecule has 0 saturated heterocycles. The first-order valence-electron chi connectivity index (χ1n) is 8.31. The Balaban J connectivity index is 1.65. The van der Waals surface area contributed by atoms with E-state index in [9.17, 15) is 5.11 Å². The highest BCUT2D eigenvalue weighted by Crippen LogP contribution is 2.60. The largest absolute Gasteiger partial charge is 0.506 e. The maximum atomic E-state index is 10.1. The van der Waals surface area contributed by atoms with Crippen LogP contribution in [0.25, 0.3) is 10.9 Å². The third-order valence-corrected chi connectivity index (χ3v) is 6.28. The topological polar surface area (TPSA) is 33.1 Å². The van der Waals surface area contributed by atoms with E-state index in [0.717, 1.165) is 28.7 Å². The summed E-state index contributed by atoms with van der Waals surface area (Å²) in [6.45, 7) is 0. The van der Waals surface area contributed by atoms with E-state index in [1.807, 2.05) is 12.1 Å². The second kappa shape index (κ2) is 4.00. The summed E-state index contributed by atoms with van der Waals surface area (Å²) >= 11 is 0. The first kappa shape index (κ1) is 12.0. The van der Waals surface area contributed by atoms with Crippen LogP contribution in [0.15, 0.2) is 30.3 Å². The zero-order chi connectivity index (χ0) is 14.0. The molecule has 4 fully saturated rings. The third kappa shape index (κ3) is 1.68. The lowest BCUT2D eigenvalue weighted by Crippen LogP contribution is -2.48. The fourth-order valence-corrected chi connectivity index (χ4v) is 5.85. The van der Waals surface area contributed by atoms with Crippen molar-refractivity contribution in [2.45, 2.75) is 43.9 Å². The molecule has 0 unspecified atom stereocenters. The number of hydrogen-bond acceptors (Lipinski definition) is 2. The molecule has 2 heteroatoms. The zero-order valence-electron chi connectivity index (χ0n) is 12.3. The highest BCUT2D eigenvalue weighted by Gasteiger charge is 2.52. The molecule has 2 aromatic rings. The molecule has 6 rings (SSSR count). The number of phenolic OH excluding ortho intramolecular Hbond substituents is 1. The van der Waals surface area contributed by atoms with Gasteiger partial charge in [0.15, 0.2) is 0 Å². The van der Waals surface area contributed by atoms with E-state index in [2.05, 4.69) is 12.1 Å². The van der Waals surface area contributed by atoms with E-state index in [0.29, 0.717) is 11.2 Å². The summed E-state index contributed by atoms with van der Waals surface area (Å²) in [6.07, 6.45) is 8.34. The van der Waals surface area contributed by atoms with E-state index in [-0.39, 0.29) is 0 Å². The maximum Gasteiger partial charge on any atom is 0.141 e. The van der Waals surface area contributed by atoms with Gasteiger partial charge in [-0.15, -0.1) is 0 Å². The van der Waals surface area contributed by atoms with Gasteiger partial charge in [-0.25, -0.2) is 4.98 Å². The van der Waals surface area contributed by atoms with Crippen LogP contribution in [0, 0.1) is 17.8 Å². The van der Waals surface area contributed by atoms with Crippen molar-refractivity contribution < 1.29 is 5.11 Å². The first-order valence-corrected chi connectivity index (χ1v) is 8.31. The highest BCUT2D eigenvalue weighted by molar-refractivity contribution is 5.84. The Morgan fingerprint density at radius 1 is 0.905 bits per heavy atom. The molecule has 0 aliphatic heterocycles. The molecule has 1 aromatic heterocycles. The second-order valence-corrected chi connectivity index (χ2v) is 7.74. The Labute approximate surface area is 125 Å². The van der Waals surface area contributed by atoms with Crippen LogP contribution in [0.5, 0.6) is 5.75 Å². The molecule has 0 amide bonds. The number of benzene rings is 1.